The van der Waals surface area contributed by atoms with E-state index in [0.717, 1.165) is 51.9 Å². The summed E-state index contributed by atoms with van der Waals surface area (Å²) in [6.07, 6.45) is 4.33. The highest BCUT2D eigenvalue weighted by Gasteiger charge is 2.27. The first-order valence-corrected chi connectivity index (χ1v) is 10.1. The Morgan fingerprint density at radius 2 is 1.74 bits per heavy atom. The van der Waals surface area contributed by atoms with Crippen LogP contribution in [-0.2, 0) is 4.79 Å². The Balaban J connectivity index is 1.48. The molecule has 3 rings (SSSR count). The summed E-state index contributed by atoms with van der Waals surface area (Å²) in [6, 6.07) is 5.96. The van der Waals surface area contributed by atoms with Crippen molar-refractivity contribution in [2.24, 2.45) is 0 Å². The molecule has 0 aromatic heterocycles. The molecule has 1 aromatic carbocycles. The number of aryl methyl sites for hydroxylation is 1. The highest BCUT2D eigenvalue weighted by molar-refractivity contribution is 5.96. The molecule has 3 amide bonds. The normalized spacial score (nSPS) is 19.7. The van der Waals surface area contributed by atoms with Crippen molar-refractivity contribution in [3.05, 3.63) is 29.3 Å². The number of piperazine rings is 1. The summed E-state index contributed by atoms with van der Waals surface area (Å²) in [5, 5.41) is 5.43. The fourth-order valence-corrected chi connectivity index (χ4v) is 4.10. The molecule has 27 heavy (non-hydrogen) atoms. The monoisotopic (exact) mass is 372 g/mol. The summed E-state index contributed by atoms with van der Waals surface area (Å²) in [5.41, 5.74) is 3.90. The molecule has 6 heteroatoms. The van der Waals surface area contributed by atoms with Crippen molar-refractivity contribution in [1.29, 1.82) is 0 Å². The predicted octanol–water partition coefficient (Wildman–Crippen LogP) is 2.58. The van der Waals surface area contributed by atoms with Crippen molar-refractivity contribution >= 4 is 17.6 Å². The summed E-state index contributed by atoms with van der Waals surface area (Å²) >= 11 is 0. The van der Waals surface area contributed by atoms with Crippen molar-refractivity contribution in [2.75, 3.05) is 31.1 Å². The van der Waals surface area contributed by atoms with Crippen molar-refractivity contribution in [3.63, 3.8) is 0 Å². The van der Waals surface area contributed by atoms with Gasteiger partial charge < -0.3 is 10.2 Å². The minimum absolute atomic E-state index is 0.217. The van der Waals surface area contributed by atoms with Gasteiger partial charge in [-0.05, 0) is 50.8 Å². The number of hydrogen-bond donors (Lipinski definition) is 2. The van der Waals surface area contributed by atoms with Gasteiger partial charge in [0.25, 0.3) is 0 Å². The van der Waals surface area contributed by atoms with Crippen LogP contribution in [0.5, 0.6) is 0 Å². The number of benzene rings is 1. The molecule has 0 bridgehead atoms. The van der Waals surface area contributed by atoms with E-state index in [1.54, 1.807) is 0 Å². The zero-order chi connectivity index (χ0) is 19.4. The fraction of sp³-hybridized carbons (Fsp3) is 0.619. The third kappa shape index (κ3) is 4.80. The molecule has 1 aliphatic heterocycles. The maximum atomic E-state index is 12.4. The number of anilines is 1. The molecular formula is C21H32N4O2. The van der Waals surface area contributed by atoms with Gasteiger partial charge in [-0.25, -0.2) is 4.79 Å². The van der Waals surface area contributed by atoms with Gasteiger partial charge in [-0.2, -0.15) is 0 Å². The second kappa shape index (κ2) is 8.74. The van der Waals surface area contributed by atoms with Gasteiger partial charge in [0.15, 0.2) is 0 Å². The molecule has 1 atom stereocenters. The Labute approximate surface area is 162 Å². The van der Waals surface area contributed by atoms with E-state index in [0.29, 0.717) is 0 Å². The van der Waals surface area contributed by atoms with Gasteiger partial charge >= 0.3 is 6.03 Å². The Morgan fingerprint density at radius 3 is 2.41 bits per heavy atom. The van der Waals surface area contributed by atoms with E-state index in [4.69, 9.17) is 0 Å². The maximum Gasteiger partial charge on any atom is 0.321 e. The quantitative estimate of drug-likeness (QED) is 0.853. The van der Waals surface area contributed by atoms with Crippen molar-refractivity contribution in [3.8, 4) is 0 Å². The predicted molar refractivity (Wildman–Crippen MR) is 108 cm³/mol. The molecule has 148 valence electrons. The van der Waals surface area contributed by atoms with E-state index in [-0.39, 0.29) is 24.0 Å². The number of rotatable bonds is 4. The Bertz CT molecular complexity index is 677. The Hall–Kier alpha value is -2.08. The van der Waals surface area contributed by atoms with Crippen LogP contribution in [0.25, 0.3) is 0 Å². The Kier molecular flexibility index (Phi) is 6.37. The number of hydrogen-bond acceptors (Lipinski definition) is 4. The first-order valence-electron chi connectivity index (χ1n) is 10.1. The van der Waals surface area contributed by atoms with Crippen LogP contribution in [0.1, 0.15) is 43.7 Å². The van der Waals surface area contributed by atoms with Gasteiger partial charge in [-0.1, -0.05) is 25.0 Å². The number of carbonyl (C=O) groups excluding carboxylic acids is 2. The molecule has 1 heterocycles. The third-order valence-corrected chi connectivity index (χ3v) is 6.09. The first-order chi connectivity index (χ1) is 13.0. The SMILES string of the molecule is Cc1cccc(N2CCN([C@H](C)C(=O)NC(=O)NC3CCCC3)CC2)c1C. The summed E-state index contributed by atoms with van der Waals surface area (Å²) < 4.78 is 0. The zero-order valence-electron chi connectivity index (χ0n) is 16.8. The van der Waals surface area contributed by atoms with E-state index in [1.807, 2.05) is 6.92 Å². The fourth-order valence-electron chi connectivity index (χ4n) is 4.10. The molecule has 2 N–H and O–H groups in total. The summed E-state index contributed by atoms with van der Waals surface area (Å²) in [6.45, 7) is 9.57. The number of nitrogens with zero attached hydrogens (tertiary/aromatic N) is 2. The molecule has 1 aliphatic carbocycles. The minimum atomic E-state index is -0.354. The second-order valence-electron chi connectivity index (χ2n) is 7.86. The zero-order valence-corrected chi connectivity index (χ0v) is 16.8. The average molecular weight is 373 g/mol. The van der Waals surface area contributed by atoms with E-state index < -0.39 is 0 Å². The van der Waals surface area contributed by atoms with Gasteiger partial charge in [0.1, 0.15) is 0 Å². The van der Waals surface area contributed by atoms with E-state index in [9.17, 15) is 9.59 Å². The molecule has 1 aromatic rings. The maximum absolute atomic E-state index is 12.4. The topological polar surface area (TPSA) is 64.7 Å². The smallest absolute Gasteiger partial charge is 0.321 e. The van der Waals surface area contributed by atoms with E-state index >= 15 is 0 Å². The standard InChI is InChI=1S/C21H32N4O2/c1-15-7-6-10-19(16(15)2)25-13-11-24(12-14-25)17(3)20(26)23-21(27)22-18-8-4-5-9-18/h6-7,10,17-18H,4-5,8-9,11-14H2,1-3H3,(H2,22,23,26,27)/t17-/m1/s1. The number of amides is 3. The van der Waals surface area contributed by atoms with Crippen LogP contribution in [-0.4, -0.2) is 55.1 Å². The Morgan fingerprint density at radius 1 is 1.07 bits per heavy atom. The van der Waals surface area contributed by atoms with Crippen molar-refractivity contribution < 1.29 is 9.59 Å². The van der Waals surface area contributed by atoms with Crippen molar-refractivity contribution in [1.82, 2.24) is 15.5 Å². The molecular weight excluding hydrogens is 340 g/mol. The lowest BCUT2D eigenvalue weighted by molar-refractivity contribution is -0.124. The third-order valence-electron chi connectivity index (χ3n) is 6.09. The van der Waals surface area contributed by atoms with Crippen LogP contribution < -0.4 is 15.5 Å². The number of nitrogens with one attached hydrogen (secondary N) is 2. The average Bonchev–Trinajstić information content (AvgIpc) is 3.16. The lowest BCUT2D eigenvalue weighted by Gasteiger charge is -2.39. The summed E-state index contributed by atoms with van der Waals surface area (Å²) in [7, 11) is 0. The van der Waals surface area contributed by atoms with E-state index in [1.165, 1.54) is 16.8 Å². The van der Waals surface area contributed by atoms with Crippen LogP contribution in [0.4, 0.5) is 10.5 Å². The van der Waals surface area contributed by atoms with Crippen LogP contribution in [0.15, 0.2) is 18.2 Å². The van der Waals surface area contributed by atoms with Crippen LogP contribution >= 0.6 is 0 Å². The lowest BCUT2D eigenvalue weighted by Crippen LogP contribution is -2.56. The number of carbonyl (C=O) groups is 2. The van der Waals surface area contributed by atoms with Crippen LogP contribution in [0.3, 0.4) is 0 Å². The van der Waals surface area contributed by atoms with E-state index in [2.05, 4.69) is 52.5 Å². The van der Waals surface area contributed by atoms with Crippen molar-refractivity contribution in [2.45, 2.75) is 58.5 Å². The summed E-state index contributed by atoms with van der Waals surface area (Å²) in [4.78, 5) is 29.0. The number of urea groups is 1. The van der Waals surface area contributed by atoms with Crippen LogP contribution in [0.2, 0.25) is 0 Å². The first kappa shape index (κ1) is 19.7. The molecule has 0 spiro atoms. The molecule has 1 saturated carbocycles. The van der Waals surface area contributed by atoms with Gasteiger partial charge in [0.05, 0.1) is 6.04 Å². The summed E-state index contributed by atoms with van der Waals surface area (Å²) in [5.74, 6) is -0.217. The lowest BCUT2D eigenvalue weighted by atomic mass is 10.1. The molecule has 1 saturated heterocycles. The van der Waals surface area contributed by atoms with Gasteiger partial charge in [0, 0.05) is 37.9 Å². The largest absolute Gasteiger partial charge is 0.369 e. The molecule has 0 unspecified atom stereocenters. The second-order valence-corrected chi connectivity index (χ2v) is 7.86. The van der Waals surface area contributed by atoms with Gasteiger partial charge in [0.2, 0.25) is 5.91 Å². The number of imide groups is 1. The molecule has 2 aliphatic rings. The molecule has 2 fully saturated rings. The minimum Gasteiger partial charge on any atom is -0.369 e. The molecule has 6 nitrogen and oxygen atoms in total. The van der Waals surface area contributed by atoms with Crippen LogP contribution in [0, 0.1) is 13.8 Å². The highest BCUT2D eigenvalue weighted by Crippen LogP contribution is 2.24. The van der Waals surface area contributed by atoms with Gasteiger partial charge in [-0.3, -0.25) is 15.0 Å². The van der Waals surface area contributed by atoms with Gasteiger partial charge in [-0.15, -0.1) is 0 Å². The molecule has 0 radical (unpaired) electrons. The highest BCUT2D eigenvalue weighted by atomic mass is 16.2.